The van der Waals surface area contributed by atoms with E-state index in [4.69, 9.17) is 0 Å². The molecule has 9 heavy (non-hydrogen) atoms. The highest BCUT2D eigenvalue weighted by molar-refractivity contribution is 4.77. The summed E-state index contributed by atoms with van der Waals surface area (Å²) >= 11 is 0. The first-order chi connectivity index (χ1) is 4.24. The van der Waals surface area contributed by atoms with Crippen molar-refractivity contribution in [2.75, 3.05) is 0 Å². The Morgan fingerprint density at radius 3 is 2.11 bits per heavy atom. The molecule has 1 rings (SSSR count). The minimum atomic E-state index is 1.00. The second-order valence-electron chi connectivity index (χ2n) is 3.72. The maximum atomic E-state index is 2.40. The molecule has 0 aliphatic heterocycles. The molecular weight excluding hydrogens is 108 g/mol. The van der Waals surface area contributed by atoms with E-state index in [-0.39, 0.29) is 0 Å². The molecule has 0 amide bonds. The van der Waals surface area contributed by atoms with Gasteiger partial charge in [-0.3, -0.25) is 0 Å². The van der Waals surface area contributed by atoms with Gasteiger partial charge in [-0.25, -0.2) is 0 Å². The third-order valence-corrected chi connectivity index (χ3v) is 2.81. The Morgan fingerprint density at radius 2 is 1.89 bits per heavy atom. The van der Waals surface area contributed by atoms with Crippen LogP contribution in [0.2, 0.25) is 0 Å². The zero-order chi connectivity index (χ0) is 6.85. The van der Waals surface area contributed by atoms with Gasteiger partial charge in [0.2, 0.25) is 0 Å². The predicted octanol–water partition coefficient (Wildman–Crippen LogP) is 3.08. The fourth-order valence-electron chi connectivity index (χ4n) is 2.24. The molecule has 0 heterocycles. The van der Waals surface area contributed by atoms with Crippen molar-refractivity contribution in [3.8, 4) is 0 Å². The Kier molecular flexibility index (Phi) is 2.15. The van der Waals surface area contributed by atoms with Gasteiger partial charge < -0.3 is 0 Å². The van der Waals surface area contributed by atoms with Crippen LogP contribution < -0.4 is 0 Å². The second kappa shape index (κ2) is 2.72. The lowest BCUT2D eigenvalue weighted by Crippen LogP contribution is -2.00. The number of rotatable bonds is 1. The average Bonchev–Trinajstić information content (AvgIpc) is 2.10. The molecule has 0 spiro atoms. The van der Waals surface area contributed by atoms with Crippen molar-refractivity contribution >= 4 is 0 Å². The molecule has 0 aromatic heterocycles. The summed E-state index contributed by atoms with van der Waals surface area (Å²) in [5, 5.41) is 0. The Morgan fingerprint density at radius 1 is 1.22 bits per heavy atom. The molecule has 0 heteroatoms. The summed E-state index contributed by atoms with van der Waals surface area (Å²) < 4.78 is 0. The SMILES string of the molecule is CCC1CC(C)CC1C. The van der Waals surface area contributed by atoms with Crippen molar-refractivity contribution in [2.24, 2.45) is 17.8 Å². The molecule has 3 unspecified atom stereocenters. The van der Waals surface area contributed by atoms with E-state index in [9.17, 15) is 0 Å². The lowest BCUT2D eigenvalue weighted by molar-refractivity contribution is 0.406. The van der Waals surface area contributed by atoms with Gasteiger partial charge in [-0.1, -0.05) is 27.2 Å². The summed E-state index contributed by atoms with van der Waals surface area (Å²) in [6, 6.07) is 0. The normalized spacial score (nSPS) is 43.7. The van der Waals surface area contributed by atoms with Crippen LogP contribution in [0.4, 0.5) is 0 Å². The largest absolute Gasteiger partial charge is 0.0651 e. The van der Waals surface area contributed by atoms with Crippen LogP contribution in [0.3, 0.4) is 0 Å². The molecule has 1 aliphatic rings. The van der Waals surface area contributed by atoms with E-state index in [1.165, 1.54) is 19.3 Å². The first-order valence-electron chi connectivity index (χ1n) is 4.24. The highest BCUT2D eigenvalue weighted by Gasteiger charge is 2.26. The fourth-order valence-corrected chi connectivity index (χ4v) is 2.24. The molecule has 0 N–H and O–H groups in total. The Bertz CT molecular complexity index is 86.0. The Balaban J connectivity index is 2.38. The quantitative estimate of drug-likeness (QED) is 0.506. The van der Waals surface area contributed by atoms with E-state index in [1.54, 1.807) is 0 Å². The maximum absolute atomic E-state index is 2.40. The van der Waals surface area contributed by atoms with Crippen molar-refractivity contribution in [3.05, 3.63) is 0 Å². The summed E-state index contributed by atoms with van der Waals surface area (Å²) in [6.07, 6.45) is 4.35. The molecule has 0 saturated heterocycles. The van der Waals surface area contributed by atoms with Gasteiger partial charge in [0.15, 0.2) is 0 Å². The van der Waals surface area contributed by atoms with Crippen molar-refractivity contribution in [2.45, 2.75) is 40.0 Å². The van der Waals surface area contributed by atoms with E-state index in [0.29, 0.717) is 0 Å². The number of hydrogen-bond donors (Lipinski definition) is 0. The van der Waals surface area contributed by atoms with Crippen molar-refractivity contribution in [3.63, 3.8) is 0 Å². The molecule has 1 fully saturated rings. The second-order valence-corrected chi connectivity index (χ2v) is 3.72. The Hall–Kier alpha value is 0. The zero-order valence-electron chi connectivity index (χ0n) is 6.85. The molecule has 0 aromatic rings. The van der Waals surface area contributed by atoms with Gasteiger partial charge in [0, 0.05) is 0 Å². The monoisotopic (exact) mass is 126 g/mol. The van der Waals surface area contributed by atoms with Gasteiger partial charge in [-0.15, -0.1) is 0 Å². The molecule has 1 aliphatic carbocycles. The van der Waals surface area contributed by atoms with E-state index < -0.39 is 0 Å². The summed E-state index contributed by atoms with van der Waals surface area (Å²) in [5.41, 5.74) is 0. The van der Waals surface area contributed by atoms with Crippen LogP contribution in [0.5, 0.6) is 0 Å². The van der Waals surface area contributed by atoms with Crippen LogP contribution in [-0.4, -0.2) is 0 Å². The Labute approximate surface area is 58.7 Å². The van der Waals surface area contributed by atoms with Crippen LogP contribution in [-0.2, 0) is 0 Å². The van der Waals surface area contributed by atoms with Crippen LogP contribution in [0.1, 0.15) is 40.0 Å². The van der Waals surface area contributed by atoms with Gasteiger partial charge in [0.1, 0.15) is 0 Å². The van der Waals surface area contributed by atoms with E-state index >= 15 is 0 Å². The van der Waals surface area contributed by atoms with Crippen LogP contribution >= 0.6 is 0 Å². The first-order valence-corrected chi connectivity index (χ1v) is 4.24. The van der Waals surface area contributed by atoms with E-state index in [0.717, 1.165) is 17.8 Å². The average molecular weight is 126 g/mol. The van der Waals surface area contributed by atoms with Crippen LogP contribution in [0.25, 0.3) is 0 Å². The predicted molar refractivity (Wildman–Crippen MR) is 41.3 cm³/mol. The van der Waals surface area contributed by atoms with Gasteiger partial charge in [0.05, 0.1) is 0 Å². The van der Waals surface area contributed by atoms with E-state index in [1.807, 2.05) is 0 Å². The molecule has 3 atom stereocenters. The molecule has 1 saturated carbocycles. The summed E-state index contributed by atoms with van der Waals surface area (Å²) in [6.45, 7) is 7.10. The lowest BCUT2D eigenvalue weighted by Gasteiger charge is -2.10. The molecule has 54 valence electrons. The summed E-state index contributed by atoms with van der Waals surface area (Å²) in [5.74, 6) is 3.05. The molecule has 0 nitrogen and oxygen atoms in total. The molecule has 0 bridgehead atoms. The van der Waals surface area contributed by atoms with Crippen molar-refractivity contribution in [1.82, 2.24) is 0 Å². The van der Waals surface area contributed by atoms with Crippen LogP contribution in [0.15, 0.2) is 0 Å². The third-order valence-electron chi connectivity index (χ3n) is 2.81. The first kappa shape index (κ1) is 7.11. The van der Waals surface area contributed by atoms with Gasteiger partial charge in [-0.2, -0.15) is 0 Å². The molecule has 0 aromatic carbocycles. The van der Waals surface area contributed by atoms with E-state index in [2.05, 4.69) is 20.8 Å². The molecular formula is C9H18. The third kappa shape index (κ3) is 1.47. The number of hydrogen-bond acceptors (Lipinski definition) is 0. The minimum Gasteiger partial charge on any atom is -0.0651 e. The lowest BCUT2D eigenvalue weighted by atomic mass is 9.96. The maximum Gasteiger partial charge on any atom is -0.0388 e. The summed E-state index contributed by atoms with van der Waals surface area (Å²) in [7, 11) is 0. The topological polar surface area (TPSA) is 0 Å². The smallest absolute Gasteiger partial charge is 0.0388 e. The summed E-state index contributed by atoms with van der Waals surface area (Å²) in [4.78, 5) is 0. The van der Waals surface area contributed by atoms with Crippen molar-refractivity contribution < 1.29 is 0 Å². The zero-order valence-corrected chi connectivity index (χ0v) is 6.85. The van der Waals surface area contributed by atoms with Gasteiger partial charge >= 0.3 is 0 Å². The minimum absolute atomic E-state index is 1.00. The highest BCUT2D eigenvalue weighted by atomic mass is 14.3. The van der Waals surface area contributed by atoms with Crippen LogP contribution in [0, 0.1) is 17.8 Å². The molecule has 0 radical (unpaired) electrons. The highest BCUT2D eigenvalue weighted by Crippen LogP contribution is 2.37. The van der Waals surface area contributed by atoms with Gasteiger partial charge in [-0.05, 0) is 30.6 Å². The fraction of sp³-hybridized carbons (Fsp3) is 1.00. The van der Waals surface area contributed by atoms with Gasteiger partial charge in [0.25, 0.3) is 0 Å². The standard InChI is InChI=1S/C9H18/c1-4-9-6-7(2)5-8(9)3/h7-9H,4-6H2,1-3H3. The van der Waals surface area contributed by atoms with Crippen molar-refractivity contribution in [1.29, 1.82) is 0 Å².